The van der Waals surface area contributed by atoms with Gasteiger partial charge in [0, 0.05) is 18.7 Å². The molecule has 11 nitrogen and oxygen atoms in total. The molecule has 1 unspecified atom stereocenters. The summed E-state index contributed by atoms with van der Waals surface area (Å²) >= 11 is 0. The summed E-state index contributed by atoms with van der Waals surface area (Å²) in [6, 6.07) is 5.99. The van der Waals surface area contributed by atoms with Crippen LogP contribution in [0, 0.1) is 0 Å². The van der Waals surface area contributed by atoms with Gasteiger partial charge in [-0.2, -0.15) is 0 Å². The number of amides is 2. The van der Waals surface area contributed by atoms with E-state index in [9.17, 15) is 19.2 Å². The number of rotatable bonds is 14. The first-order valence-corrected chi connectivity index (χ1v) is 12.0. The highest BCUT2D eigenvalue weighted by atomic mass is 16.2. The number of hydrogen-bond acceptors (Lipinski definition) is 7. The van der Waals surface area contributed by atoms with Crippen LogP contribution < -0.4 is 28.3 Å². The standard InChI is InChI=1S/C24H37N7O4/c25-18(21(33)16-7-2-1-3-8-16)10-4-11-19(26)23(35)31-14-6-12-20(31)22(34)30-17(15-32)9-5-13-29-24(27)28/h1-3,7-8,15,17-20H,4-6,9-14,25-26H2,(H,30,34)(H4,27,28,29)/t17-,18?,19+,20-/m0/s1. The Morgan fingerprint density at radius 2 is 1.74 bits per heavy atom. The summed E-state index contributed by atoms with van der Waals surface area (Å²) in [6.07, 6.45) is 3.99. The largest absolute Gasteiger partial charge is 0.370 e. The van der Waals surface area contributed by atoms with Gasteiger partial charge in [0.1, 0.15) is 12.3 Å². The van der Waals surface area contributed by atoms with Crippen LogP contribution in [-0.4, -0.2) is 72.0 Å². The number of carbonyl (C=O) groups excluding carboxylic acids is 4. The highest BCUT2D eigenvalue weighted by Crippen LogP contribution is 2.20. The Kier molecular flexibility index (Phi) is 11.3. The zero-order valence-electron chi connectivity index (χ0n) is 20.0. The van der Waals surface area contributed by atoms with Crippen molar-refractivity contribution in [1.29, 1.82) is 0 Å². The molecule has 0 radical (unpaired) electrons. The SMILES string of the molecule is NC(N)=NCCC[C@@H](C=O)NC(=O)[C@@H]1CCCN1C(=O)[C@H](N)CCCC(N)C(=O)c1ccccc1. The van der Waals surface area contributed by atoms with E-state index >= 15 is 0 Å². The highest BCUT2D eigenvalue weighted by molar-refractivity contribution is 5.99. The number of Topliss-reactive ketones (excluding diaryl/α,β-unsaturated/α-hetero) is 1. The Labute approximate surface area is 205 Å². The molecule has 0 bridgehead atoms. The molecule has 1 saturated heterocycles. The van der Waals surface area contributed by atoms with Gasteiger partial charge in [-0.3, -0.25) is 19.4 Å². The Bertz CT molecular complexity index is 889. The number of benzene rings is 1. The molecule has 1 aliphatic rings. The van der Waals surface area contributed by atoms with E-state index in [4.69, 9.17) is 22.9 Å². The van der Waals surface area contributed by atoms with Gasteiger partial charge < -0.3 is 37.9 Å². The average molecular weight is 488 g/mol. The van der Waals surface area contributed by atoms with Crippen molar-refractivity contribution in [2.24, 2.45) is 27.9 Å². The topological polar surface area (TPSA) is 200 Å². The lowest BCUT2D eigenvalue weighted by molar-refractivity contribution is -0.140. The maximum Gasteiger partial charge on any atom is 0.243 e. The van der Waals surface area contributed by atoms with Crippen LogP contribution in [0.15, 0.2) is 35.3 Å². The number of guanidine groups is 1. The minimum atomic E-state index is -0.802. The predicted molar refractivity (Wildman–Crippen MR) is 133 cm³/mol. The zero-order valence-corrected chi connectivity index (χ0v) is 20.0. The number of likely N-dealkylation sites (tertiary alicyclic amines) is 1. The van der Waals surface area contributed by atoms with E-state index in [1.807, 2.05) is 6.07 Å². The minimum Gasteiger partial charge on any atom is -0.370 e. The van der Waals surface area contributed by atoms with E-state index < -0.39 is 24.2 Å². The number of hydrogen-bond donors (Lipinski definition) is 5. The molecule has 192 valence electrons. The van der Waals surface area contributed by atoms with E-state index in [0.29, 0.717) is 69.9 Å². The van der Waals surface area contributed by atoms with Gasteiger partial charge in [0.2, 0.25) is 11.8 Å². The number of ketones is 1. The van der Waals surface area contributed by atoms with E-state index in [-0.39, 0.29) is 23.6 Å². The molecule has 11 heteroatoms. The van der Waals surface area contributed by atoms with Crippen molar-refractivity contribution in [3.05, 3.63) is 35.9 Å². The van der Waals surface area contributed by atoms with Crippen molar-refractivity contribution in [2.75, 3.05) is 13.1 Å². The predicted octanol–water partition coefficient (Wildman–Crippen LogP) is -0.577. The maximum absolute atomic E-state index is 12.9. The third-order valence-corrected chi connectivity index (χ3v) is 6.04. The number of carbonyl (C=O) groups is 4. The van der Waals surface area contributed by atoms with Gasteiger partial charge in [-0.05, 0) is 44.9 Å². The number of nitrogens with two attached hydrogens (primary N) is 4. The molecule has 1 heterocycles. The molecule has 1 aromatic rings. The van der Waals surface area contributed by atoms with Crippen LogP contribution in [0.2, 0.25) is 0 Å². The fraction of sp³-hybridized carbons (Fsp3) is 0.542. The summed E-state index contributed by atoms with van der Waals surface area (Å²) in [7, 11) is 0. The van der Waals surface area contributed by atoms with Crippen molar-refractivity contribution < 1.29 is 19.2 Å². The molecule has 1 fully saturated rings. The van der Waals surface area contributed by atoms with Crippen LogP contribution in [-0.2, 0) is 14.4 Å². The number of nitrogens with zero attached hydrogens (tertiary/aromatic N) is 2. The Morgan fingerprint density at radius 3 is 2.40 bits per heavy atom. The van der Waals surface area contributed by atoms with Crippen molar-refractivity contribution >= 4 is 29.8 Å². The first kappa shape index (κ1) is 27.9. The third kappa shape index (κ3) is 8.76. The highest BCUT2D eigenvalue weighted by Gasteiger charge is 2.36. The first-order chi connectivity index (χ1) is 16.7. The summed E-state index contributed by atoms with van der Waals surface area (Å²) in [4.78, 5) is 54.8. The smallest absolute Gasteiger partial charge is 0.243 e. The molecule has 0 aromatic heterocycles. The van der Waals surface area contributed by atoms with Crippen LogP contribution in [0.1, 0.15) is 55.3 Å². The molecular weight excluding hydrogens is 450 g/mol. The monoisotopic (exact) mass is 487 g/mol. The van der Waals surface area contributed by atoms with E-state index in [2.05, 4.69) is 10.3 Å². The van der Waals surface area contributed by atoms with Gasteiger partial charge in [-0.1, -0.05) is 30.3 Å². The molecule has 2 rings (SSSR count). The van der Waals surface area contributed by atoms with Gasteiger partial charge in [0.25, 0.3) is 0 Å². The fourth-order valence-corrected chi connectivity index (χ4v) is 4.12. The van der Waals surface area contributed by atoms with Gasteiger partial charge in [0.15, 0.2) is 11.7 Å². The maximum atomic E-state index is 12.9. The lowest BCUT2D eigenvalue weighted by Crippen LogP contribution is -2.53. The quantitative estimate of drug-likeness (QED) is 0.0754. The third-order valence-electron chi connectivity index (χ3n) is 6.04. The van der Waals surface area contributed by atoms with E-state index in [0.717, 1.165) is 0 Å². The normalized spacial score (nSPS) is 17.8. The lowest BCUT2D eigenvalue weighted by Gasteiger charge is -2.27. The molecule has 35 heavy (non-hydrogen) atoms. The van der Waals surface area contributed by atoms with Crippen molar-refractivity contribution in [3.8, 4) is 0 Å². The minimum absolute atomic E-state index is 0.0297. The number of aliphatic imine (C=N–C) groups is 1. The summed E-state index contributed by atoms with van der Waals surface area (Å²) in [6.45, 7) is 0.777. The Morgan fingerprint density at radius 1 is 1.06 bits per heavy atom. The molecule has 0 aliphatic carbocycles. The van der Waals surface area contributed by atoms with Crippen LogP contribution in [0.5, 0.6) is 0 Å². The van der Waals surface area contributed by atoms with Crippen molar-refractivity contribution in [3.63, 3.8) is 0 Å². The molecule has 2 amide bonds. The van der Waals surface area contributed by atoms with Gasteiger partial charge in [0.05, 0.1) is 18.1 Å². The van der Waals surface area contributed by atoms with E-state index in [1.165, 1.54) is 4.90 Å². The molecule has 0 saturated carbocycles. The van der Waals surface area contributed by atoms with E-state index in [1.54, 1.807) is 24.3 Å². The molecule has 1 aromatic carbocycles. The van der Waals surface area contributed by atoms with Crippen LogP contribution in [0.3, 0.4) is 0 Å². The Balaban J connectivity index is 1.82. The average Bonchev–Trinajstić information content (AvgIpc) is 3.35. The summed E-state index contributed by atoms with van der Waals surface area (Å²) < 4.78 is 0. The second-order valence-electron chi connectivity index (χ2n) is 8.76. The second-order valence-corrected chi connectivity index (χ2v) is 8.76. The van der Waals surface area contributed by atoms with Crippen molar-refractivity contribution in [2.45, 2.75) is 69.1 Å². The number of nitrogens with one attached hydrogen (secondary N) is 1. The molecular formula is C24H37N7O4. The lowest BCUT2D eigenvalue weighted by atomic mass is 9.98. The molecule has 9 N–H and O–H groups in total. The van der Waals surface area contributed by atoms with Crippen LogP contribution in [0.25, 0.3) is 0 Å². The molecule has 1 aliphatic heterocycles. The summed E-state index contributed by atoms with van der Waals surface area (Å²) in [5.74, 6) is -0.874. The number of aldehydes is 1. The van der Waals surface area contributed by atoms with Crippen LogP contribution in [0.4, 0.5) is 0 Å². The summed E-state index contributed by atoms with van der Waals surface area (Å²) in [5, 5.41) is 2.70. The molecule has 4 atom stereocenters. The first-order valence-electron chi connectivity index (χ1n) is 12.0. The Hall–Kier alpha value is -3.31. The van der Waals surface area contributed by atoms with Gasteiger partial charge in [-0.25, -0.2) is 0 Å². The van der Waals surface area contributed by atoms with Gasteiger partial charge in [-0.15, -0.1) is 0 Å². The zero-order chi connectivity index (χ0) is 25.8. The van der Waals surface area contributed by atoms with Crippen molar-refractivity contribution in [1.82, 2.24) is 10.2 Å². The van der Waals surface area contributed by atoms with Crippen LogP contribution >= 0.6 is 0 Å². The van der Waals surface area contributed by atoms with Gasteiger partial charge >= 0.3 is 0 Å². The fourth-order valence-electron chi connectivity index (χ4n) is 4.12. The molecule has 0 spiro atoms. The second kappa shape index (κ2) is 14.2. The summed E-state index contributed by atoms with van der Waals surface area (Å²) in [5.41, 5.74) is 23.3.